The predicted molar refractivity (Wildman–Crippen MR) is 102 cm³/mol. The lowest BCUT2D eigenvalue weighted by molar-refractivity contribution is 0.0693. The minimum atomic E-state index is -4.45. The quantitative estimate of drug-likeness (QED) is 0.555. The smallest absolute Gasteiger partial charge is 0.339 e. The molecule has 28 heavy (non-hydrogen) atoms. The van der Waals surface area contributed by atoms with Crippen LogP contribution in [0.3, 0.4) is 0 Å². The van der Waals surface area contributed by atoms with Crippen molar-refractivity contribution in [2.24, 2.45) is 0 Å². The molecule has 0 spiro atoms. The number of carboxylic acids is 1. The van der Waals surface area contributed by atoms with E-state index in [-0.39, 0.29) is 0 Å². The average molecular weight is 406 g/mol. The summed E-state index contributed by atoms with van der Waals surface area (Å²) in [5.41, 5.74) is 12.1. The first-order valence-corrected chi connectivity index (χ1v) is 10.4. The molecule has 1 aromatic carbocycles. The van der Waals surface area contributed by atoms with Gasteiger partial charge >= 0.3 is 5.97 Å². The SMILES string of the molecule is Nc1c2c(nc3c1CCC3)CCCC2.O=C(O)c1cc(S(=O)(=O)O)ccc1O. The molecule has 0 unspecified atom stereocenters. The van der Waals surface area contributed by atoms with Gasteiger partial charge in [0.1, 0.15) is 11.3 Å². The number of nitrogen functional groups attached to an aromatic ring is 1. The third kappa shape index (κ3) is 4.10. The van der Waals surface area contributed by atoms with E-state index >= 15 is 0 Å². The fraction of sp³-hybridized carbons (Fsp3) is 0.368. The lowest BCUT2D eigenvalue weighted by Crippen LogP contribution is -2.12. The van der Waals surface area contributed by atoms with Crippen molar-refractivity contribution in [1.82, 2.24) is 4.98 Å². The molecule has 2 aliphatic rings. The molecule has 5 N–H and O–H groups in total. The Morgan fingerprint density at radius 2 is 1.57 bits per heavy atom. The summed E-state index contributed by atoms with van der Waals surface area (Å²) >= 11 is 0. The Balaban J connectivity index is 0.000000161. The number of carboxylic acid groups (broad SMARTS) is 1. The molecule has 2 aromatic rings. The topological polar surface area (TPSA) is 151 Å². The molecule has 0 radical (unpaired) electrons. The average Bonchev–Trinajstić information content (AvgIpc) is 3.10. The number of anilines is 1. The largest absolute Gasteiger partial charge is 0.507 e. The summed E-state index contributed by atoms with van der Waals surface area (Å²) in [5, 5.41) is 17.5. The fourth-order valence-corrected chi connectivity index (χ4v) is 4.14. The monoisotopic (exact) mass is 406 g/mol. The Morgan fingerprint density at radius 3 is 2.18 bits per heavy atom. The second kappa shape index (κ2) is 7.76. The molecule has 9 heteroatoms. The standard InChI is InChI=1S/C12H16N2.C7H6O6S/c13-12-8-4-1-2-6-10(8)14-11-7-3-5-9(11)12;8-6-2-1-4(14(11,12)13)3-5(6)7(9)10/h1-7H2,(H2,13,14);1-3,8H,(H,9,10)(H,11,12,13). The Labute approximate surface area is 162 Å². The highest BCUT2D eigenvalue weighted by atomic mass is 32.2. The van der Waals surface area contributed by atoms with Crippen LogP contribution in [0.2, 0.25) is 0 Å². The van der Waals surface area contributed by atoms with Gasteiger partial charge in [0, 0.05) is 17.1 Å². The maximum atomic E-state index is 10.6. The van der Waals surface area contributed by atoms with E-state index < -0.39 is 32.3 Å². The van der Waals surface area contributed by atoms with Crippen molar-refractivity contribution in [3.8, 4) is 5.75 Å². The molecule has 0 bridgehead atoms. The van der Waals surface area contributed by atoms with Gasteiger partial charge < -0.3 is 15.9 Å². The van der Waals surface area contributed by atoms with E-state index in [2.05, 4.69) is 0 Å². The molecule has 4 rings (SSSR count). The number of nitrogens with two attached hydrogens (primary N) is 1. The van der Waals surface area contributed by atoms with Gasteiger partial charge in [0.25, 0.3) is 10.1 Å². The van der Waals surface area contributed by atoms with E-state index in [0.29, 0.717) is 6.07 Å². The second-order valence-electron chi connectivity index (χ2n) is 6.90. The zero-order valence-electron chi connectivity index (χ0n) is 15.2. The molecule has 150 valence electrons. The molecule has 0 saturated carbocycles. The van der Waals surface area contributed by atoms with Gasteiger partial charge in [-0.15, -0.1) is 0 Å². The summed E-state index contributed by atoms with van der Waals surface area (Å²) in [4.78, 5) is 14.7. The van der Waals surface area contributed by atoms with Gasteiger partial charge in [-0.1, -0.05) is 0 Å². The van der Waals surface area contributed by atoms with Crippen molar-refractivity contribution in [3.63, 3.8) is 0 Å². The van der Waals surface area contributed by atoms with E-state index in [4.69, 9.17) is 25.5 Å². The molecule has 2 aliphatic carbocycles. The first-order chi connectivity index (χ1) is 13.2. The van der Waals surface area contributed by atoms with Crippen LogP contribution in [-0.2, 0) is 35.8 Å². The molecule has 0 fully saturated rings. The summed E-state index contributed by atoms with van der Waals surface area (Å²) in [6.07, 6.45) is 8.42. The van der Waals surface area contributed by atoms with Crippen LogP contribution in [-0.4, -0.2) is 34.1 Å². The number of phenols is 1. The normalized spacial score (nSPS) is 15.2. The Kier molecular flexibility index (Phi) is 5.57. The maximum absolute atomic E-state index is 10.6. The number of aromatic carboxylic acids is 1. The van der Waals surface area contributed by atoms with Gasteiger partial charge in [-0.25, -0.2) is 4.79 Å². The third-order valence-corrected chi connectivity index (χ3v) is 5.89. The van der Waals surface area contributed by atoms with Gasteiger partial charge in [-0.05, 0) is 74.3 Å². The van der Waals surface area contributed by atoms with Crippen LogP contribution in [0.15, 0.2) is 23.1 Å². The summed E-state index contributed by atoms with van der Waals surface area (Å²) in [7, 11) is -4.45. The van der Waals surface area contributed by atoms with Gasteiger partial charge in [0.05, 0.1) is 4.90 Å². The number of aromatic nitrogens is 1. The van der Waals surface area contributed by atoms with Crippen LogP contribution in [0, 0.1) is 0 Å². The number of aryl methyl sites for hydroxylation is 2. The second-order valence-corrected chi connectivity index (χ2v) is 8.32. The molecule has 0 atom stereocenters. The highest BCUT2D eigenvalue weighted by Gasteiger charge is 2.22. The minimum Gasteiger partial charge on any atom is -0.507 e. The number of hydrogen-bond donors (Lipinski definition) is 4. The molecule has 0 amide bonds. The van der Waals surface area contributed by atoms with Gasteiger partial charge in [0.2, 0.25) is 0 Å². The number of rotatable bonds is 2. The van der Waals surface area contributed by atoms with Crippen molar-refractivity contribution < 1.29 is 28.0 Å². The molecule has 1 aromatic heterocycles. The molecule has 0 aliphatic heterocycles. The van der Waals surface area contributed by atoms with Gasteiger partial charge in [-0.3, -0.25) is 9.54 Å². The van der Waals surface area contributed by atoms with Crippen LogP contribution in [0.1, 0.15) is 52.1 Å². The van der Waals surface area contributed by atoms with Crippen molar-refractivity contribution in [1.29, 1.82) is 0 Å². The zero-order chi connectivity index (χ0) is 20.5. The van der Waals surface area contributed by atoms with Crippen molar-refractivity contribution in [2.45, 2.75) is 49.8 Å². The number of fused-ring (bicyclic) bond motifs is 2. The number of carbonyl (C=O) groups is 1. The Bertz CT molecular complexity index is 1030. The summed E-state index contributed by atoms with van der Waals surface area (Å²) in [6, 6.07) is 2.46. The van der Waals surface area contributed by atoms with Crippen LogP contribution in [0.4, 0.5) is 5.69 Å². The van der Waals surface area contributed by atoms with Gasteiger partial charge in [-0.2, -0.15) is 8.42 Å². The van der Waals surface area contributed by atoms with Crippen molar-refractivity contribution >= 4 is 21.8 Å². The lowest BCUT2D eigenvalue weighted by Gasteiger charge is -2.19. The summed E-state index contributed by atoms with van der Waals surface area (Å²) in [6.45, 7) is 0. The molecule has 8 nitrogen and oxygen atoms in total. The van der Waals surface area contributed by atoms with Gasteiger partial charge in [0.15, 0.2) is 0 Å². The van der Waals surface area contributed by atoms with Crippen LogP contribution < -0.4 is 5.73 Å². The first-order valence-electron chi connectivity index (χ1n) is 9.01. The maximum Gasteiger partial charge on any atom is 0.339 e. The van der Waals surface area contributed by atoms with Crippen molar-refractivity contribution in [3.05, 3.63) is 46.3 Å². The lowest BCUT2D eigenvalue weighted by atomic mass is 9.92. The van der Waals surface area contributed by atoms with E-state index in [1.54, 1.807) is 0 Å². The van der Waals surface area contributed by atoms with E-state index in [9.17, 15) is 13.2 Å². The van der Waals surface area contributed by atoms with E-state index in [1.807, 2.05) is 0 Å². The van der Waals surface area contributed by atoms with E-state index in [1.165, 1.54) is 41.8 Å². The molecule has 0 saturated heterocycles. The number of aromatic hydroxyl groups is 1. The molecular weight excluding hydrogens is 384 g/mol. The number of pyridine rings is 1. The zero-order valence-corrected chi connectivity index (χ0v) is 16.0. The van der Waals surface area contributed by atoms with Crippen LogP contribution in [0.5, 0.6) is 5.75 Å². The highest BCUT2D eigenvalue weighted by Crippen LogP contribution is 2.33. The third-order valence-electron chi connectivity index (χ3n) is 5.04. The van der Waals surface area contributed by atoms with Crippen molar-refractivity contribution in [2.75, 3.05) is 5.73 Å². The summed E-state index contributed by atoms with van der Waals surface area (Å²) in [5.74, 6) is -2.04. The van der Waals surface area contributed by atoms with E-state index in [0.717, 1.165) is 43.5 Å². The molecule has 1 heterocycles. The predicted octanol–water partition coefficient (Wildman–Crippen LogP) is 2.37. The Morgan fingerprint density at radius 1 is 1.00 bits per heavy atom. The summed E-state index contributed by atoms with van der Waals surface area (Å²) < 4.78 is 29.8. The Hall–Kier alpha value is -2.65. The van der Waals surface area contributed by atoms with Crippen LogP contribution >= 0.6 is 0 Å². The number of nitrogens with zero attached hydrogens (tertiary/aromatic N) is 1. The number of benzene rings is 1. The molecular formula is C19H22N2O6S. The van der Waals surface area contributed by atoms with Crippen LogP contribution in [0.25, 0.3) is 0 Å². The minimum absolute atomic E-state index is 0.565. The number of hydrogen-bond acceptors (Lipinski definition) is 6. The highest BCUT2D eigenvalue weighted by molar-refractivity contribution is 7.85. The fourth-order valence-electron chi connectivity index (χ4n) is 3.64. The first kappa shape index (κ1) is 20.1.